The molecule has 56 heavy (non-hydrogen) atoms. The molecular formula is C40H36N14O2. The van der Waals surface area contributed by atoms with Gasteiger partial charge in [-0.1, -0.05) is 60.7 Å². The standard InChI is InChI=1S/C40H36N14O2/c1-55-33-21-17-31(18-22-33)45-37-47-35(43-29-9-5-3-6-10-29)49-39(51-37)53-41-25-27-13-15-28(16-14-27)26-42-54-40-50-36(44-30-11-7-4-8-12-30)48-38(52-40)46-32-19-23-34(56-2)24-20-32/h3-26H,1-2H3,(H3,43,45,47,49,51,53)(H3,44,46,48,50,52,54). The summed E-state index contributed by atoms with van der Waals surface area (Å²) >= 11 is 0. The molecule has 16 heteroatoms. The SMILES string of the molecule is COc1ccc(Nc2nc(NN=Cc3ccc(C=NNc4nc(Nc5ccccc5)nc(Nc5ccc(OC)cc5)n4)cc3)nc(Nc3ccccc3)n2)cc1. The number of nitrogens with zero attached hydrogens (tertiary/aromatic N) is 8. The van der Waals surface area contributed by atoms with Crippen molar-refractivity contribution in [1.29, 1.82) is 0 Å². The van der Waals surface area contributed by atoms with E-state index in [4.69, 9.17) is 9.47 Å². The summed E-state index contributed by atoms with van der Waals surface area (Å²) < 4.78 is 10.5. The number of nitrogens with one attached hydrogen (secondary N) is 6. The highest BCUT2D eigenvalue weighted by Gasteiger charge is 2.10. The molecule has 0 aliphatic heterocycles. The average Bonchev–Trinajstić information content (AvgIpc) is 3.23. The maximum absolute atomic E-state index is 5.26. The monoisotopic (exact) mass is 744 g/mol. The summed E-state index contributed by atoms with van der Waals surface area (Å²) in [6, 6.07) is 41.7. The van der Waals surface area contributed by atoms with Gasteiger partial charge < -0.3 is 30.7 Å². The number of methoxy groups -OCH3 is 2. The Bertz CT molecular complexity index is 2210. The highest BCUT2D eigenvalue weighted by atomic mass is 16.5. The van der Waals surface area contributed by atoms with E-state index >= 15 is 0 Å². The van der Waals surface area contributed by atoms with Gasteiger partial charge in [0.2, 0.25) is 35.7 Å². The fraction of sp³-hybridized carbons (Fsp3) is 0.0500. The first kappa shape index (κ1) is 36.2. The molecule has 6 N–H and O–H groups in total. The van der Waals surface area contributed by atoms with Gasteiger partial charge in [-0.15, -0.1) is 0 Å². The molecule has 7 rings (SSSR count). The van der Waals surface area contributed by atoms with Crippen molar-refractivity contribution in [3.05, 3.63) is 145 Å². The fourth-order valence-electron chi connectivity index (χ4n) is 4.98. The van der Waals surface area contributed by atoms with Gasteiger partial charge in [0.1, 0.15) is 11.5 Å². The first-order valence-corrected chi connectivity index (χ1v) is 17.2. The van der Waals surface area contributed by atoms with E-state index < -0.39 is 0 Å². The molecule has 2 aromatic heterocycles. The van der Waals surface area contributed by atoms with E-state index in [0.717, 1.165) is 45.4 Å². The topological polar surface area (TPSA) is 193 Å². The summed E-state index contributed by atoms with van der Waals surface area (Å²) in [6.07, 6.45) is 3.32. The first-order chi connectivity index (χ1) is 27.6. The average molecular weight is 745 g/mol. The van der Waals surface area contributed by atoms with Gasteiger partial charge in [-0.25, -0.2) is 10.9 Å². The van der Waals surface area contributed by atoms with Crippen LogP contribution < -0.4 is 41.6 Å². The minimum atomic E-state index is 0.239. The zero-order valence-corrected chi connectivity index (χ0v) is 30.3. The van der Waals surface area contributed by atoms with E-state index in [1.54, 1.807) is 26.6 Å². The second-order valence-corrected chi connectivity index (χ2v) is 11.7. The molecule has 0 amide bonds. The van der Waals surface area contributed by atoms with E-state index in [-0.39, 0.29) is 11.9 Å². The Morgan fingerprint density at radius 2 is 0.679 bits per heavy atom. The quantitative estimate of drug-likeness (QED) is 0.0412. The summed E-state index contributed by atoms with van der Waals surface area (Å²) in [5.41, 5.74) is 10.7. The van der Waals surface area contributed by atoms with Crippen LogP contribution in [0.15, 0.2) is 144 Å². The molecule has 0 saturated carbocycles. The molecule has 2 heterocycles. The predicted molar refractivity (Wildman–Crippen MR) is 221 cm³/mol. The predicted octanol–water partition coefficient (Wildman–Crippen LogP) is 7.94. The van der Waals surface area contributed by atoms with E-state index in [9.17, 15) is 0 Å². The van der Waals surface area contributed by atoms with Crippen molar-refractivity contribution in [2.75, 3.05) is 46.3 Å². The molecule has 0 saturated heterocycles. The molecule has 0 spiro atoms. The summed E-state index contributed by atoms with van der Waals surface area (Å²) in [6.45, 7) is 0. The highest BCUT2D eigenvalue weighted by Crippen LogP contribution is 2.23. The van der Waals surface area contributed by atoms with E-state index in [2.05, 4.69) is 72.2 Å². The van der Waals surface area contributed by atoms with Crippen LogP contribution in [-0.2, 0) is 0 Å². The number of hydrogen-bond acceptors (Lipinski definition) is 16. The summed E-state index contributed by atoms with van der Waals surface area (Å²) in [4.78, 5) is 27.0. The van der Waals surface area contributed by atoms with Crippen LogP contribution in [-0.4, -0.2) is 56.6 Å². The van der Waals surface area contributed by atoms with Crippen molar-refractivity contribution < 1.29 is 9.47 Å². The van der Waals surface area contributed by atoms with Crippen molar-refractivity contribution in [3.63, 3.8) is 0 Å². The maximum Gasteiger partial charge on any atom is 0.250 e. The molecule has 0 aliphatic rings. The van der Waals surface area contributed by atoms with Gasteiger partial charge in [-0.3, -0.25) is 0 Å². The smallest absolute Gasteiger partial charge is 0.250 e. The molecule has 5 aromatic carbocycles. The lowest BCUT2D eigenvalue weighted by molar-refractivity contribution is 0.415. The van der Waals surface area contributed by atoms with Gasteiger partial charge in [0.25, 0.3) is 0 Å². The number of benzene rings is 5. The van der Waals surface area contributed by atoms with E-state index in [1.807, 2.05) is 133 Å². The maximum atomic E-state index is 5.26. The van der Waals surface area contributed by atoms with E-state index in [1.165, 1.54) is 0 Å². The van der Waals surface area contributed by atoms with Crippen LogP contribution in [0, 0.1) is 0 Å². The Morgan fingerprint density at radius 3 is 1.00 bits per heavy atom. The van der Waals surface area contributed by atoms with Gasteiger partial charge in [0, 0.05) is 22.7 Å². The molecule has 0 radical (unpaired) electrons. The fourth-order valence-corrected chi connectivity index (χ4v) is 4.98. The third-order valence-electron chi connectivity index (χ3n) is 7.72. The third-order valence-corrected chi connectivity index (χ3v) is 7.72. The summed E-state index contributed by atoms with van der Waals surface area (Å²) in [5, 5.41) is 21.5. The van der Waals surface area contributed by atoms with Crippen LogP contribution in [0.4, 0.5) is 58.4 Å². The second-order valence-electron chi connectivity index (χ2n) is 11.7. The van der Waals surface area contributed by atoms with Gasteiger partial charge in [0.15, 0.2) is 0 Å². The highest BCUT2D eigenvalue weighted by molar-refractivity contribution is 5.84. The summed E-state index contributed by atoms with van der Waals surface area (Å²) in [5.74, 6) is 3.28. The molecule has 0 atom stereocenters. The Balaban J connectivity index is 1.00. The minimum absolute atomic E-state index is 0.239. The van der Waals surface area contributed by atoms with Crippen LogP contribution in [0.3, 0.4) is 0 Å². The Kier molecular flexibility index (Phi) is 11.7. The molecule has 0 fully saturated rings. The second kappa shape index (κ2) is 18.1. The minimum Gasteiger partial charge on any atom is -0.497 e. The Morgan fingerprint density at radius 1 is 0.375 bits per heavy atom. The lowest BCUT2D eigenvalue weighted by Crippen LogP contribution is -2.07. The lowest BCUT2D eigenvalue weighted by atomic mass is 10.2. The molecule has 0 aliphatic carbocycles. The van der Waals surface area contributed by atoms with Gasteiger partial charge in [0.05, 0.1) is 26.6 Å². The summed E-state index contributed by atoms with van der Waals surface area (Å²) in [7, 11) is 3.24. The number of aromatic nitrogens is 6. The van der Waals surface area contributed by atoms with Crippen molar-refractivity contribution in [2.45, 2.75) is 0 Å². The van der Waals surface area contributed by atoms with Crippen molar-refractivity contribution in [1.82, 2.24) is 29.9 Å². The van der Waals surface area contributed by atoms with Crippen LogP contribution >= 0.6 is 0 Å². The van der Waals surface area contributed by atoms with Crippen LogP contribution in [0.1, 0.15) is 11.1 Å². The van der Waals surface area contributed by atoms with Crippen molar-refractivity contribution in [2.24, 2.45) is 10.2 Å². The largest absolute Gasteiger partial charge is 0.497 e. The zero-order valence-electron chi connectivity index (χ0n) is 30.3. The first-order valence-electron chi connectivity index (χ1n) is 17.2. The number of anilines is 10. The number of ether oxygens (including phenoxy) is 2. The van der Waals surface area contributed by atoms with Gasteiger partial charge in [-0.05, 0) is 83.9 Å². The van der Waals surface area contributed by atoms with Crippen LogP contribution in [0.2, 0.25) is 0 Å². The Labute approximate surface area is 322 Å². The van der Waals surface area contributed by atoms with Crippen molar-refractivity contribution in [3.8, 4) is 11.5 Å². The molecule has 0 bridgehead atoms. The molecular weight excluding hydrogens is 709 g/mol. The van der Waals surface area contributed by atoms with E-state index in [0.29, 0.717) is 23.8 Å². The Hall–Kier alpha value is -8.14. The molecule has 278 valence electrons. The number of hydrogen-bond donors (Lipinski definition) is 6. The normalized spacial score (nSPS) is 10.9. The molecule has 16 nitrogen and oxygen atoms in total. The lowest BCUT2D eigenvalue weighted by Gasteiger charge is -2.10. The van der Waals surface area contributed by atoms with Crippen LogP contribution in [0.5, 0.6) is 11.5 Å². The van der Waals surface area contributed by atoms with Crippen LogP contribution in [0.25, 0.3) is 0 Å². The third kappa shape index (κ3) is 10.5. The van der Waals surface area contributed by atoms with Gasteiger partial charge >= 0.3 is 0 Å². The number of rotatable bonds is 16. The molecule has 0 unspecified atom stereocenters. The number of hydrazone groups is 2. The molecule has 7 aromatic rings. The number of para-hydroxylation sites is 2. The van der Waals surface area contributed by atoms with Gasteiger partial charge in [-0.2, -0.15) is 40.1 Å². The van der Waals surface area contributed by atoms with Crippen molar-refractivity contribution >= 4 is 70.9 Å². The zero-order chi connectivity index (χ0) is 38.4.